The van der Waals surface area contributed by atoms with E-state index in [-0.39, 0.29) is 10.5 Å². The number of benzene rings is 2. The highest BCUT2D eigenvalue weighted by atomic mass is 32.2. The fourth-order valence-corrected chi connectivity index (χ4v) is 4.48. The topological polar surface area (TPSA) is 65.3 Å². The van der Waals surface area contributed by atoms with Gasteiger partial charge in [0.25, 0.3) is 10.5 Å². The predicted octanol–water partition coefficient (Wildman–Crippen LogP) is 4.44. The van der Waals surface area contributed by atoms with Gasteiger partial charge in [0.05, 0.1) is 24.6 Å². The zero-order valence-corrected chi connectivity index (χ0v) is 16.7. The maximum atomic E-state index is 12.2. The van der Waals surface area contributed by atoms with Gasteiger partial charge in [-0.25, -0.2) is 0 Å². The van der Waals surface area contributed by atoms with Gasteiger partial charge in [-0.1, -0.05) is 84.2 Å². The SMILES string of the molecule is O=C1SCC(=N/N=C2\CSC(=O)N2Cc2ccccc2)N1Cc1ccccc1. The Morgan fingerprint density at radius 2 is 1.07 bits per heavy atom. The number of thioether (sulfide) groups is 2. The minimum Gasteiger partial charge on any atom is -0.284 e. The van der Waals surface area contributed by atoms with Crippen molar-refractivity contribution in [2.45, 2.75) is 13.1 Å². The van der Waals surface area contributed by atoms with Crippen LogP contribution in [0.25, 0.3) is 0 Å². The number of carbonyl (C=O) groups is 2. The van der Waals surface area contributed by atoms with Crippen molar-refractivity contribution >= 4 is 45.7 Å². The summed E-state index contributed by atoms with van der Waals surface area (Å²) in [4.78, 5) is 27.8. The van der Waals surface area contributed by atoms with Crippen LogP contribution in [-0.2, 0) is 13.1 Å². The van der Waals surface area contributed by atoms with Gasteiger partial charge in [-0.3, -0.25) is 19.4 Å². The van der Waals surface area contributed by atoms with Crippen LogP contribution in [0.15, 0.2) is 70.9 Å². The summed E-state index contributed by atoms with van der Waals surface area (Å²) in [7, 11) is 0. The molecule has 2 aliphatic rings. The van der Waals surface area contributed by atoms with E-state index in [1.807, 2.05) is 60.7 Å². The molecule has 2 heterocycles. The van der Waals surface area contributed by atoms with Crippen molar-refractivity contribution in [2.75, 3.05) is 11.5 Å². The molecule has 28 heavy (non-hydrogen) atoms. The lowest BCUT2D eigenvalue weighted by Gasteiger charge is -2.16. The smallest absolute Gasteiger partial charge is 0.284 e. The molecule has 2 aromatic rings. The van der Waals surface area contributed by atoms with Crippen molar-refractivity contribution in [1.82, 2.24) is 9.80 Å². The van der Waals surface area contributed by atoms with Gasteiger partial charge in [0.2, 0.25) is 0 Å². The quantitative estimate of drug-likeness (QED) is 0.684. The molecule has 2 aromatic carbocycles. The number of hydrogen-bond donors (Lipinski definition) is 0. The van der Waals surface area contributed by atoms with Crippen molar-refractivity contribution in [3.05, 3.63) is 71.8 Å². The molecule has 0 aliphatic carbocycles. The Morgan fingerprint density at radius 3 is 1.46 bits per heavy atom. The summed E-state index contributed by atoms with van der Waals surface area (Å²) in [5.41, 5.74) is 2.08. The molecule has 8 heteroatoms. The molecule has 2 amide bonds. The van der Waals surface area contributed by atoms with Crippen molar-refractivity contribution in [2.24, 2.45) is 10.2 Å². The first-order chi connectivity index (χ1) is 13.7. The summed E-state index contributed by atoms with van der Waals surface area (Å²) in [5, 5.41) is 8.63. The van der Waals surface area contributed by atoms with Gasteiger partial charge in [0.1, 0.15) is 11.7 Å². The number of hydrogen-bond acceptors (Lipinski definition) is 6. The lowest BCUT2D eigenvalue weighted by atomic mass is 10.2. The molecule has 2 saturated heterocycles. The largest absolute Gasteiger partial charge is 0.287 e. The lowest BCUT2D eigenvalue weighted by Crippen LogP contribution is -2.30. The van der Waals surface area contributed by atoms with Gasteiger partial charge in [-0.2, -0.15) is 0 Å². The van der Waals surface area contributed by atoms with E-state index in [0.29, 0.717) is 36.3 Å². The maximum absolute atomic E-state index is 12.2. The van der Waals surface area contributed by atoms with E-state index in [1.54, 1.807) is 9.80 Å². The maximum Gasteiger partial charge on any atom is 0.287 e. The standard InChI is InChI=1S/C20H18N4O2S2/c25-19-23(11-15-7-3-1-4-8-15)17(13-27-19)21-22-18-14-28-20(26)24(18)12-16-9-5-2-6-10-16/h1-10H,11-14H2/b21-17+,22-18?. The third-order valence-electron chi connectivity index (χ3n) is 4.36. The van der Waals surface area contributed by atoms with Gasteiger partial charge in [-0.15, -0.1) is 10.2 Å². The fourth-order valence-electron chi connectivity index (χ4n) is 2.90. The monoisotopic (exact) mass is 410 g/mol. The van der Waals surface area contributed by atoms with Crippen LogP contribution in [0.5, 0.6) is 0 Å². The summed E-state index contributed by atoms with van der Waals surface area (Å²) in [5.74, 6) is 2.22. The third kappa shape index (κ3) is 4.28. The first-order valence-electron chi connectivity index (χ1n) is 8.80. The van der Waals surface area contributed by atoms with Gasteiger partial charge >= 0.3 is 0 Å². The molecule has 4 rings (SSSR count). The summed E-state index contributed by atoms with van der Waals surface area (Å²) in [6.45, 7) is 0.940. The number of amidine groups is 2. The molecule has 0 bridgehead atoms. The van der Waals surface area contributed by atoms with E-state index in [9.17, 15) is 9.59 Å². The van der Waals surface area contributed by atoms with E-state index >= 15 is 0 Å². The highest BCUT2D eigenvalue weighted by Gasteiger charge is 2.30. The zero-order chi connectivity index (χ0) is 19.3. The summed E-state index contributed by atoms with van der Waals surface area (Å²) < 4.78 is 0. The second kappa shape index (κ2) is 8.62. The molecular weight excluding hydrogens is 392 g/mol. The minimum absolute atomic E-state index is 0.0270. The Kier molecular flexibility index (Phi) is 5.78. The Labute approximate surface area is 171 Å². The number of nitrogens with zero attached hydrogens (tertiary/aromatic N) is 4. The zero-order valence-electron chi connectivity index (χ0n) is 15.0. The predicted molar refractivity (Wildman–Crippen MR) is 115 cm³/mol. The number of amides is 2. The van der Waals surface area contributed by atoms with Crippen LogP contribution in [0.3, 0.4) is 0 Å². The normalized spacial score (nSPS) is 20.0. The van der Waals surface area contributed by atoms with E-state index in [0.717, 1.165) is 11.1 Å². The molecule has 0 unspecified atom stereocenters. The van der Waals surface area contributed by atoms with Crippen LogP contribution >= 0.6 is 23.5 Å². The number of carbonyl (C=O) groups excluding carboxylic acids is 2. The van der Waals surface area contributed by atoms with Gasteiger partial charge in [-0.05, 0) is 11.1 Å². The molecule has 0 spiro atoms. The van der Waals surface area contributed by atoms with Crippen molar-refractivity contribution < 1.29 is 9.59 Å². The molecule has 2 fully saturated rings. The van der Waals surface area contributed by atoms with Gasteiger partial charge in [0.15, 0.2) is 0 Å². The van der Waals surface area contributed by atoms with Crippen LogP contribution < -0.4 is 0 Å². The minimum atomic E-state index is -0.0270. The molecule has 0 atom stereocenters. The first-order valence-corrected chi connectivity index (χ1v) is 10.8. The summed E-state index contributed by atoms with van der Waals surface area (Å²) in [6.07, 6.45) is 0. The Bertz CT molecular complexity index is 854. The van der Waals surface area contributed by atoms with E-state index < -0.39 is 0 Å². The third-order valence-corrected chi connectivity index (χ3v) is 6.10. The van der Waals surface area contributed by atoms with Crippen LogP contribution in [-0.4, -0.2) is 43.5 Å². The molecule has 0 N–H and O–H groups in total. The van der Waals surface area contributed by atoms with Crippen LogP contribution in [0.2, 0.25) is 0 Å². The first kappa shape index (κ1) is 18.8. The fraction of sp³-hybridized carbons (Fsp3) is 0.200. The molecule has 2 aliphatic heterocycles. The average Bonchev–Trinajstić information content (AvgIpc) is 3.25. The summed E-state index contributed by atoms with van der Waals surface area (Å²) in [6, 6.07) is 19.6. The van der Waals surface area contributed by atoms with Crippen molar-refractivity contribution in [1.29, 1.82) is 0 Å². The second-order valence-electron chi connectivity index (χ2n) is 6.29. The van der Waals surface area contributed by atoms with E-state index in [2.05, 4.69) is 10.2 Å². The molecule has 0 radical (unpaired) electrons. The van der Waals surface area contributed by atoms with Crippen LogP contribution in [0.4, 0.5) is 9.59 Å². The Balaban J connectivity index is 1.52. The second-order valence-corrected chi connectivity index (χ2v) is 8.14. The average molecular weight is 411 g/mol. The van der Waals surface area contributed by atoms with Crippen molar-refractivity contribution in [3.63, 3.8) is 0 Å². The van der Waals surface area contributed by atoms with Crippen molar-refractivity contribution in [3.8, 4) is 0 Å². The highest BCUT2D eigenvalue weighted by Crippen LogP contribution is 2.25. The summed E-state index contributed by atoms with van der Waals surface area (Å²) >= 11 is 2.44. The Morgan fingerprint density at radius 1 is 0.679 bits per heavy atom. The molecule has 142 valence electrons. The molecular formula is C20H18N4O2S2. The molecule has 0 aromatic heterocycles. The Hall–Kier alpha value is -2.58. The van der Waals surface area contributed by atoms with Gasteiger partial charge in [0, 0.05) is 0 Å². The van der Waals surface area contributed by atoms with Crippen LogP contribution in [0, 0.1) is 0 Å². The molecule has 0 saturated carbocycles. The van der Waals surface area contributed by atoms with E-state index in [1.165, 1.54) is 23.5 Å². The number of rotatable bonds is 5. The van der Waals surface area contributed by atoms with Crippen LogP contribution in [0.1, 0.15) is 11.1 Å². The van der Waals surface area contributed by atoms with Gasteiger partial charge < -0.3 is 0 Å². The molecule has 6 nitrogen and oxygen atoms in total. The lowest BCUT2D eigenvalue weighted by molar-refractivity contribution is 0.242. The van der Waals surface area contributed by atoms with E-state index in [4.69, 9.17) is 0 Å². The highest BCUT2D eigenvalue weighted by molar-refractivity contribution is 8.15.